The van der Waals surface area contributed by atoms with Gasteiger partial charge in [-0.15, -0.1) is 0 Å². The topological polar surface area (TPSA) is 64.3 Å². The summed E-state index contributed by atoms with van der Waals surface area (Å²) in [6, 6.07) is 5.59. The number of hydrogen-bond donors (Lipinski definition) is 2. The number of carbonyl (C=O) groups excluding carboxylic acids is 1. The number of ketones is 1. The van der Waals surface area contributed by atoms with Crippen LogP contribution in [0.3, 0.4) is 0 Å². The van der Waals surface area contributed by atoms with E-state index in [1.165, 1.54) is 12.8 Å². The molecule has 0 amide bonds. The van der Waals surface area contributed by atoms with Gasteiger partial charge in [-0.05, 0) is 44.9 Å². The minimum atomic E-state index is -0.158. The third-order valence-corrected chi connectivity index (χ3v) is 3.05. The van der Waals surface area contributed by atoms with Crippen molar-refractivity contribution in [3.8, 4) is 5.75 Å². The van der Waals surface area contributed by atoms with Gasteiger partial charge in [0.25, 0.3) is 0 Å². The molecule has 1 aromatic rings. The number of ether oxygens (including phenoxy) is 1. The predicted octanol–water partition coefficient (Wildman–Crippen LogP) is 1.99. The SMILES string of the molecule is CCOc1ccc(C(=O)C(C)NC2CC2)cc1N. The molecule has 1 saturated carbocycles. The van der Waals surface area contributed by atoms with Crippen LogP contribution >= 0.6 is 0 Å². The van der Waals surface area contributed by atoms with E-state index in [9.17, 15) is 4.79 Å². The molecule has 0 aliphatic heterocycles. The number of Topliss-reactive ketones (excluding diaryl/α,β-unsaturated/α-hetero) is 1. The van der Waals surface area contributed by atoms with E-state index in [1.807, 2.05) is 13.8 Å². The summed E-state index contributed by atoms with van der Waals surface area (Å²) in [7, 11) is 0. The van der Waals surface area contributed by atoms with Crippen LogP contribution in [0.25, 0.3) is 0 Å². The number of hydrogen-bond acceptors (Lipinski definition) is 4. The maximum absolute atomic E-state index is 12.2. The number of nitrogens with two attached hydrogens (primary N) is 1. The van der Waals surface area contributed by atoms with Crippen LogP contribution in [0, 0.1) is 0 Å². The summed E-state index contributed by atoms with van der Waals surface area (Å²) in [6.45, 7) is 4.37. The van der Waals surface area contributed by atoms with Gasteiger partial charge in [0.05, 0.1) is 18.3 Å². The Kier molecular flexibility index (Phi) is 3.87. The Hall–Kier alpha value is -1.55. The van der Waals surface area contributed by atoms with E-state index in [0.29, 0.717) is 29.6 Å². The van der Waals surface area contributed by atoms with E-state index in [-0.39, 0.29) is 11.8 Å². The highest BCUT2D eigenvalue weighted by Gasteiger charge is 2.26. The van der Waals surface area contributed by atoms with Gasteiger partial charge >= 0.3 is 0 Å². The zero-order valence-electron chi connectivity index (χ0n) is 10.9. The quantitative estimate of drug-likeness (QED) is 0.597. The molecule has 0 spiro atoms. The zero-order chi connectivity index (χ0) is 13.1. The summed E-state index contributed by atoms with van der Waals surface area (Å²) in [6.07, 6.45) is 2.34. The molecule has 4 heteroatoms. The monoisotopic (exact) mass is 248 g/mol. The first-order valence-corrected chi connectivity index (χ1v) is 6.44. The van der Waals surface area contributed by atoms with E-state index in [4.69, 9.17) is 10.5 Å². The first-order valence-electron chi connectivity index (χ1n) is 6.44. The highest BCUT2D eigenvalue weighted by molar-refractivity contribution is 6.00. The smallest absolute Gasteiger partial charge is 0.179 e. The second-order valence-corrected chi connectivity index (χ2v) is 4.71. The standard InChI is InChI=1S/C14H20N2O2/c1-3-18-13-7-4-10(8-12(13)15)14(17)9(2)16-11-5-6-11/h4,7-9,11,16H,3,5-6,15H2,1-2H3. The number of rotatable bonds is 6. The molecule has 0 saturated heterocycles. The number of nitrogens with one attached hydrogen (secondary N) is 1. The molecule has 98 valence electrons. The van der Waals surface area contributed by atoms with Crippen molar-refractivity contribution in [3.63, 3.8) is 0 Å². The van der Waals surface area contributed by atoms with Crippen LogP contribution in [0.2, 0.25) is 0 Å². The van der Waals surface area contributed by atoms with Gasteiger partial charge in [-0.3, -0.25) is 4.79 Å². The Morgan fingerprint density at radius 3 is 2.83 bits per heavy atom. The Morgan fingerprint density at radius 1 is 1.56 bits per heavy atom. The van der Waals surface area contributed by atoms with Crippen LogP contribution in [-0.4, -0.2) is 24.5 Å². The summed E-state index contributed by atoms with van der Waals surface area (Å²) in [4.78, 5) is 12.2. The summed E-state index contributed by atoms with van der Waals surface area (Å²) >= 11 is 0. The van der Waals surface area contributed by atoms with Gasteiger partial charge in [-0.2, -0.15) is 0 Å². The largest absolute Gasteiger partial charge is 0.492 e. The lowest BCUT2D eigenvalue weighted by Gasteiger charge is -2.13. The van der Waals surface area contributed by atoms with E-state index in [2.05, 4.69) is 5.32 Å². The number of benzene rings is 1. The lowest BCUT2D eigenvalue weighted by molar-refractivity contribution is 0.0950. The maximum Gasteiger partial charge on any atom is 0.179 e. The fraction of sp³-hybridized carbons (Fsp3) is 0.500. The van der Waals surface area contributed by atoms with Crippen LogP contribution in [0.4, 0.5) is 5.69 Å². The Morgan fingerprint density at radius 2 is 2.28 bits per heavy atom. The minimum Gasteiger partial charge on any atom is -0.492 e. The lowest BCUT2D eigenvalue weighted by atomic mass is 10.0. The molecule has 1 fully saturated rings. The van der Waals surface area contributed by atoms with Crippen LogP contribution in [0.1, 0.15) is 37.0 Å². The van der Waals surface area contributed by atoms with E-state index in [0.717, 1.165) is 0 Å². The summed E-state index contributed by atoms with van der Waals surface area (Å²) in [5.74, 6) is 0.716. The van der Waals surface area contributed by atoms with Crippen molar-refractivity contribution >= 4 is 11.5 Å². The minimum absolute atomic E-state index is 0.0802. The van der Waals surface area contributed by atoms with Crippen molar-refractivity contribution in [1.29, 1.82) is 0 Å². The number of carbonyl (C=O) groups is 1. The molecule has 4 nitrogen and oxygen atoms in total. The van der Waals surface area contributed by atoms with Crippen LogP contribution < -0.4 is 15.8 Å². The van der Waals surface area contributed by atoms with Crippen molar-refractivity contribution < 1.29 is 9.53 Å². The van der Waals surface area contributed by atoms with Gasteiger partial charge in [-0.25, -0.2) is 0 Å². The molecule has 2 rings (SSSR count). The molecule has 18 heavy (non-hydrogen) atoms. The van der Waals surface area contributed by atoms with E-state index in [1.54, 1.807) is 18.2 Å². The Bertz CT molecular complexity index is 441. The molecular weight excluding hydrogens is 228 g/mol. The van der Waals surface area contributed by atoms with Gasteiger partial charge < -0.3 is 15.8 Å². The molecule has 1 aromatic carbocycles. The van der Waals surface area contributed by atoms with Crippen molar-refractivity contribution in [2.45, 2.75) is 38.8 Å². The van der Waals surface area contributed by atoms with Crippen molar-refractivity contribution in [1.82, 2.24) is 5.32 Å². The number of nitrogen functional groups attached to an aromatic ring is 1. The van der Waals surface area contributed by atoms with Crippen molar-refractivity contribution in [2.75, 3.05) is 12.3 Å². The highest BCUT2D eigenvalue weighted by Crippen LogP contribution is 2.24. The average molecular weight is 248 g/mol. The maximum atomic E-state index is 12.2. The fourth-order valence-corrected chi connectivity index (χ4v) is 1.92. The summed E-state index contributed by atoms with van der Waals surface area (Å²) in [5, 5.41) is 3.29. The van der Waals surface area contributed by atoms with Gasteiger partial charge in [0, 0.05) is 11.6 Å². The summed E-state index contributed by atoms with van der Waals surface area (Å²) in [5.41, 5.74) is 7.01. The third-order valence-electron chi connectivity index (χ3n) is 3.05. The normalized spacial score (nSPS) is 16.3. The number of anilines is 1. The molecule has 0 aromatic heterocycles. The van der Waals surface area contributed by atoms with Gasteiger partial charge in [0.2, 0.25) is 0 Å². The molecule has 1 aliphatic carbocycles. The Balaban J connectivity index is 2.07. The third kappa shape index (κ3) is 3.01. The molecule has 0 heterocycles. The highest BCUT2D eigenvalue weighted by atomic mass is 16.5. The molecule has 0 bridgehead atoms. The van der Waals surface area contributed by atoms with E-state index < -0.39 is 0 Å². The fourth-order valence-electron chi connectivity index (χ4n) is 1.92. The van der Waals surface area contributed by atoms with Crippen LogP contribution in [-0.2, 0) is 0 Å². The molecule has 0 radical (unpaired) electrons. The molecule has 1 unspecified atom stereocenters. The van der Waals surface area contributed by atoms with Crippen molar-refractivity contribution in [3.05, 3.63) is 23.8 Å². The molecule has 1 atom stereocenters. The second-order valence-electron chi connectivity index (χ2n) is 4.71. The first kappa shape index (κ1) is 12.9. The summed E-state index contributed by atoms with van der Waals surface area (Å²) < 4.78 is 5.35. The second kappa shape index (κ2) is 5.40. The first-order chi connectivity index (χ1) is 8.61. The molecule has 3 N–H and O–H groups in total. The van der Waals surface area contributed by atoms with Gasteiger partial charge in [0.1, 0.15) is 5.75 Å². The average Bonchev–Trinajstić information content (AvgIpc) is 3.15. The van der Waals surface area contributed by atoms with Gasteiger partial charge in [0.15, 0.2) is 5.78 Å². The zero-order valence-corrected chi connectivity index (χ0v) is 10.9. The van der Waals surface area contributed by atoms with Crippen LogP contribution in [0.15, 0.2) is 18.2 Å². The van der Waals surface area contributed by atoms with E-state index >= 15 is 0 Å². The molecule has 1 aliphatic rings. The molecular formula is C14H20N2O2. The Labute approximate surface area is 108 Å². The van der Waals surface area contributed by atoms with Gasteiger partial charge in [-0.1, -0.05) is 0 Å². The van der Waals surface area contributed by atoms with Crippen molar-refractivity contribution in [2.24, 2.45) is 0 Å². The predicted molar refractivity (Wildman–Crippen MR) is 72.0 cm³/mol. The lowest BCUT2D eigenvalue weighted by Crippen LogP contribution is -2.35. The van der Waals surface area contributed by atoms with Crippen LogP contribution in [0.5, 0.6) is 5.75 Å².